The van der Waals surface area contributed by atoms with Crippen molar-refractivity contribution >= 4 is 39.4 Å². The molecule has 0 bridgehead atoms. The highest BCUT2D eigenvalue weighted by atomic mass is 32.1. The molecule has 2 aromatic heterocycles. The quantitative estimate of drug-likeness (QED) is 0.197. The van der Waals surface area contributed by atoms with Crippen molar-refractivity contribution in [1.82, 2.24) is 9.97 Å². The third-order valence-corrected chi connectivity index (χ3v) is 8.23. The van der Waals surface area contributed by atoms with Crippen LogP contribution >= 0.6 is 11.3 Å². The van der Waals surface area contributed by atoms with Crippen LogP contribution < -0.4 is 5.32 Å². The van der Waals surface area contributed by atoms with E-state index in [2.05, 4.69) is 15.3 Å². The summed E-state index contributed by atoms with van der Waals surface area (Å²) in [6.45, 7) is 3.77. The third-order valence-electron chi connectivity index (χ3n) is 7.34. The van der Waals surface area contributed by atoms with Gasteiger partial charge in [-0.25, -0.2) is 9.78 Å². The summed E-state index contributed by atoms with van der Waals surface area (Å²) in [6.07, 6.45) is 0.420. The molecule has 0 radical (unpaired) electrons. The van der Waals surface area contributed by atoms with Crippen LogP contribution in [0.15, 0.2) is 78.9 Å². The monoisotopic (exact) mass is 537 g/mol. The summed E-state index contributed by atoms with van der Waals surface area (Å²) in [5.74, 6) is -0.752. The van der Waals surface area contributed by atoms with Crippen LogP contribution in [0.1, 0.15) is 42.0 Å². The van der Waals surface area contributed by atoms with Crippen molar-refractivity contribution in [2.24, 2.45) is 0 Å². The van der Waals surface area contributed by atoms with Crippen LogP contribution in [0, 0.1) is 6.92 Å². The van der Waals surface area contributed by atoms with E-state index in [1.165, 1.54) is 11.3 Å². The Labute approximate surface area is 229 Å². The van der Waals surface area contributed by atoms with E-state index in [0.29, 0.717) is 24.0 Å². The van der Waals surface area contributed by atoms with Crippen molar-refractivity contribution in [2.45, 2.75) is 38.2 Å². The molecule has 0 aliphatic heterocycles. The van der Waals surface area contributed by atoms with Crippen molar-refractivity contribution in [2.75, 3.05) is 5.32 Å². The second kappa shape index (κ2) is 9.71. The van der Waals surface area contributed by atoms with Crippen LogP contribution in [0.2, 0.25) is 0 Å². The number of benzene rings is 3. The van der Waals surface area contributed by atoms with Crippen LogP contribution in [0.3, 0.4) is 0 Å². The number of aromatic nitrogens is 2. The summed E-state index contributed by atoms with van der Waals surface area (Å²) in [5, 5.41) is 13.4. The Morgan fingerprint density at radius 1 is 0.974 bits per heavy atom. The maximum absolute atomic E-state index is 12.9. The molecule has 3 N–H and O–H groups in total. The van der Waals surface area contributed by atoms with Crippen molar-refractivity contribution < 1.29 is 19.4 Å². The standard InChI is InChI=1S/C31H27N3O4S/c1-18(20-6-4-3-5-7-20)38-30(37)34-26-25(33-28-27(26)32-19(2)39-28)23-10-8-21(9-11-23)22-12-14-24(15-13-22)31(16-17-31)29(35)36/h3-15,18,33H,16-17H2,1-2H3,(H,34,37)(H,35,36). The molecule has 39 heavy (non-hydrogen) atoms. The lowest BCUT2D eigenvalue weighted by Crippen LogP contribution is -2.19. The largest absolute Gasteiger partial charge is 0.481 e. The number of ether oxygens (including phenoxy) is 1. The third kappa shape index (κ3) is 4.68. The summed E-state index contributed by atoms with van der Waals surface area (Å²) in [4.78, 5) is 33.5. The second-order valence-electron chi connectivity index (χ2n) is 9.91. The molecule has 0 spiro atoms. The number of thiazole rings is 1. The first-order valence-corrected chi connectivity index (χ1v) is 13.6. The Bertz CT molecular complexity index is 1670. The van der Waals surface area contributed by atoms with E-state index in [0.717, 1.165) is 43.3 Å². The smallest absolute Gasteiger partial charge is 0.412 e. The number of hydrogen-bond donors (Lipinski definition) is 3. The van der Waals surface area contributed by atoms with Gasteiger partial charge in [0.2, 0.25) is 0 Å². The van der Waals surface area contributed by atoms with Crippen LogP contribution in [0.5, 0.6) is 0 Å². The second-order valence-corrected chi connectivity index (χ2v) is 11.1. The topological polar surface area (TPSA) is 104 Å². The number of aryl methyl sites for hydroxylation is 1. The molecular formula is C31H27N3O4S. The minimum Gasteiger partial charge on any atom is -0.481 e. The number of hydrogen-bond acceptors (Lipinski definition) is 5. The molecule has 1 fully saturated rings. The predicted molar refractivity (Wildman–Crippen MR) is 153 cm³/mol. The fourth-order valence-corrected chi connectivity index (χ4v) is 5.79. The molecule has 8 heteroatoms. The molecule has 7 nitrogen and oxygen atoms in total. The van der Waals surface area contributed by atoms with Gasteiger partial charge in [0.15, 0.2) is 0 Å². The van der Waals surface area contributed by atoms with Gasteiger partial charge in [0.1, 0.15) is 16.5 Å². The van der Waals surface area contributed by atoms with Gasteiger partial charge in [-0.3, -0.25) is 10.1 Å². The van der Waals surface area contributed by atoms with Crippen LogP contribution in [-0.2, 0) is 14.9 Å². The van der Waals surface area contributed by atoms with Gasteiger partial charge in [0, 0.05) is 5.56 Å². The summed E-state index contributed by atoms with van der Waals surface area (Å²) in [7, 11) is 0. The Hall–Kier alpha value is -4.43. The lowest BCUT2D eigenvalue weighted by molar-refractivity contribution is -0.140. The van der Waals surface area contributed by atoms with E-state index in [-0.39, 0.29) is 0 Å². The lowest BCUT2D eigenvalue weighted by atomic mass is 9.93. The first kappa shape index (κ1) is 24.9. The zero-order chi connectivity index (χ0) is 27.1. The van der Waals surface area contributed by atoms with Gasteiger partial charge in [-0.2, -0.15) is 0 Å². The number of carbonyl (C=O) groups excluding carboxylic acids is 1. The normalized spacial score (nSPS) is 14.6. The van der Waals surface area contributed by atoms with Gasteiger partial charge in [0.05, 0.1) is 21.8 Å². The van der Waals surface area contributed by atoms with Crippen LogP contribution in [-0.4, -0.2) is 27.1 Å². The molecule has 1 aliphatic rings. The fourth-order valence-electron chi connectivity index (χ4n) is 4.96. The Kier molecular flexibility index (Phi) is 6.19. The highest BCUT2D eigenvalue weighted by molar-refractivity contribution is 7.18. The number of nitrogens with zero attached hydrogens (tertiary/aromatic N) is 1. The van der Waals surface area contributed by atoms with E-state index in [1.807, 2.05) is 92.7 Å². The number of aromatic amines is 1. The maximum atomic E-state index is 12.9. The van der Waals surface area contributed by atoms with Crippen molar-refractivity contribution in [3.63, 3.8) is 0 Å². The zero-order valence-corrected chi connectivity index (χ0v) is 22.3. The Morgan fingerprint density at radius 3 is 2.21 bits per heavy atom. The van der Waals surface area contributed by atoms with Gasteiger partial charge in [-0.05, 0) is 48.9 Å². The predicted octanol–water partition coefficient (Wildman–Crippen LogP) is 7.69. The fraction of sp³-hybridized carbons (Fsp3) is 0.194. The van der Waals surface area contributed by atoms with Crippen LogP contribution in [0.25, 0.3) is 32.7 Å². The average molecular weight is 538 g/mol. The average Bonchev–Trinajstić information content (AvgIpc) is 3.60. The van der Waals surface area contributed by atoms with E-state index in [9.17, 15) is 14.7 Å². The minimum atomic E-state index is -0.752. The number of carbonyl (C=O) groups is 2. The molecule has 1 atom stereocenters. The van der Waals surface area contributed by atoms with Crippen molar-refractivity contribution in [1.29, 1.82) is 0 Å². The molecule has 5 aromatic rings. The number of carboxylic acid groups (broad SMARTS) is 1. The number of aliphatic carboxylic acids is 1. The van der Waals surface area contributed by atoms with E-state index >= 15 is 0 Å². The first-order chi connectivity index (χ1) is 18.8. The van der Waals surface area contributed by atoms with E-state index < -0.39 is 23.6 Å². The molecule has 1 aliphatic carbocycles. The summed E-state index contributed by atoms with van der Waals surface area (Å²) < 4.78 is 5.66. The molecule has 0 saturated heterocycles. The minimum absolute atomic E-state index is 0.405. The number of fused-ring (bicyclic) bond motifs is 1. The van der Waals surface area contributed by atoms with E-state index in [1.54, 1.807) is 0 Å². The van der Waals surface area contributed by atoms with Gasteiger partial charge in [-0.1, -0.05) is 78.9 Å². The van der Waals surface area contributed by atoms with Gasteiger partial charge < -0.3 is 14.8 Å². The molecule has 6 rings (SSSR count). The number of rotatable bonds is 7. The number of anilines is 1. The Balaban J connectivity index is 1.25. The summed E-state index contributed by atoms with van der Waals surface area (Å²) >= 11 is 1.53. The zero-order valence-electron chi connectivity index (χ0n) is 21.5. The number of carboxylic acids is 1. The summed E-state index contributed by atoms with van der Waals surface area (Å²) in [5.41, 5.74) is 6.01. The number of nitrogens with one attached hydrogen (secondary N) is 2. The highest BCUT2D eigenvalue weighted by Gasteiger charge is 2.51. The highest BCUT2D eigenvalue weighted by Crippen LogP contribution is 2.48. The van der Waals surface area contributed by atoms with Gasteiger partial charge >= 0.3 is 12.1 Å². The lowest BCUT2D eigenvalue weighted by Gasteiger charge is -2.14. The van der Waals surface area contributed by atoms with E-state index in [4.69, 9.17) is 4.74 Å². The molecule has 1 amide bonds. The molecule has 3 aromatic carbocycles. The van der Waals surface area contributed by atoms with Gasteiger partial charge in [0.25, 0.3) is 0 Å². The van der Waals surface area contributed by atoms with Crippen molar-refractivity contribution in [3.8, 4) is 22.4 Å². The van der Waals surface area contributed by atoms with Gasteiger partial charge in [-0.15, -0.1) is 11.3 Å². The summed E-state index contributed by atoms with van der Waals surface area (Å²) in [6, 6.07) is 25.4. The molecule has 196 valence electrons. The SMILES string of the molecule is Cc1nc2c(NC(=O)OC(C)c3ccccc3)c(-c3ccc(-c4ccc(C5(C(=O)O)CC5)cc4)cc3)[nH]c2s1. The number of H-pyrrole nitrogens is 1. The Morgan fingerprint density at radius 2 is 1.59 bits per heavy atom. The molecule has 2 heterocycles. The first-order valence-electron chi connectivity index (χ1n) is 12.8. The maximum Gasteiger partial charge on any atom is 0.412 e. The molecule has 1 saturated carbocycles. The number of amides is 1. The van der Waals surface area contributed by atoms with Crippen LogP contribution in [0.4, 0.5) is 10.5 Å². The molecular weight excluding hydrogens is 510 g/mol. The van der Waals surface area contributed by atoms with Crippen molar-refractivity contribution in [3.05, 3.63) is 95.0 Å². The molecule has 1 unspecified atom stereocenters.